The minimum absolute atomic E-state index is 0.255. The van der Waals surface area contributed by atoms with Crippen molar-refractivity contribution in [2.75, 3.05) is 13.6 Å². The van der Waals surface area contributed by atoms with Gasteiger partial charge in [0.1, 0.15) is 6.54 Å². The van der Waals surface area contributed by atoms with E-state index in [0.717, 1.165) is 22.6 Å². The van der Waals surface area contributed by atoms with Crippen molar-refractivity contribution >= 4 is 17.5 Å². The Bertz CT molecular complexity index is 1400. The van der Waals surface area contributed by atoms with Gasteiger partial charge in [0.2, 0.25) is 5.91 Å². The fraction of sp³-hybridized carbons (Fsp3) is 0.231. The largest absolute Gasteiger partial charge is 0.480 e. The van der Waals surface area contributed by atoms with Crippen molar-refractivity contribution in [1.82, 2.24) is 19.5 Å². The molecule has 1 unspecified atom stereocenters. The summed E-state index contributed by atoms with van der Waals surface area (Å²) >= 11 is 0. The summed E-state index contributed by atoms with van der Waals surface area (Å²) in [7, 11) is 1.43. The minimum Gasteiger partial charge on any atom is -0.480 e. The molecule has 1 N–H and O–H groups in total. The molecule has 1 atom stereocenters. The lowest BCUT2D eigenvalue weighted by Gasteiger charge is -2.32. The van der Waals surface area contributed by atoms with E-state index in [0.29, 0.717) is 22.5 Å². The molecule has 0 radical (unpaired) electrons. The Morgan fingerprint density at radius 3 is 2.31 bits per heavy atom. The molecule has 7 nitrogen and oxygen atoms in total. The third-order valence-corrected chi connectivity index (χ3v) is 6.08. The van der Waals surface area contributed by atoms with Crippen LogP contribution in [0.5, 0.6) is 0 Å². The summed E-state index contributed by atoms with van der Waals surface area (Å²) in [6.07, 6.45) is -1.20. The van der Waals surface area contributed by atoms with Gasteiger partial charge in [-0.2, -0.15) is 18.3 Å². The van der Waals surface area contributed by atoms with Gasteiger partial charge in [0.15, 0.2) is 5.65 Å². The zero-order chi connectivity index (χ0) is 26.1. The number of fused-ring (bicyclic) bond motifs is 1. The standard InChI is InChI=1S/C26H23F3N4O3/c1-25(14-17-6-4-3-5-7-17,24(36)32(2)16-22(34)35)21-12-13-30-23-20(15-31-33(21)23)18-8-10-19(11-9-18)26(27,28)29/h3-13,15H,14,16H2,1-2H3,(H,34,35). The van der Waals surface area contributed by atoms with Crippen LogP contribution in [0.4, 0.5) is 13.2 Å². The van der Waals surface area contributed by atoms with Gasteiger partial charge in [-0.15, -0.1) is 0 Å². The lowest BCUT2D eigenvalue weighted by atomic mass is 9.78. The minimum atomic E-state index is -4.45. The Labute approximate surface area is 204 Å². The van der Waals surface area contributed by atoms with E-state index in [1.54, 1.807) is 13.0 Å². The maximum Gasteiger partial charge on any atom is 0.416 e. The third-order valence-electron chi connectivity index (χ3n) is 6.08. The molecule has 0 fully saturated rings. The normalized spacial score (nSPS) is 13.4. The predicted molar refractivity (Wildman–Crippen MR) is 126 cm³/mol. The number of hydrogen-bond acceptors (Lipinski definition) is 4. The van der Waals surface area contributed by atoms with Gasteiger partial charge in [0.05, 0.1) is 22.9 Å². The van der Waals surface area contributed by atoms with Crippen LogP contribution in [0.3, 0.4) is 0 Å². The SMILES string of the molecule is CN(CC(=O)O)C(=O)C(C)(Cc1ccccc1)c1ccnc2c(-c3ccc(C(F)(F)F)cc3)cnn12. The van der Waals surface area contributed by atoms with Crippen molar-refractivity contribution in [1.29, 1.82) is 0 Å². The number of carboxylic acid groups (broad SMARTS) is 1. The highest BCUT2D eigenvalue weighted by molar-refractivity contribution is 5.90. The maximum atomic E-state index is 13.7. The Balaban J connectivity index is 1.83. The summed E-state index contributed by atoms with van der Waals surface area (Å²) in [5.41, 5.74) is 0.685. The van der Waals surface area contributed by atoms with Crippen molar-refractivity contribution in [2.45, 2.75) is 24.9 Å². The molecular formula is C26H23F3N4O3. The average molecular weight is 496 g/mol. The van der Waals surface area contributed by atoms with E-state index in [-0.39, 0.29) is 6.42 Å². The quantitative estimate of drug-likeness (QED) is 0.408. The second kappa shape index (κ2) is 9.44. The molecule has 10 heteroatoms. The maximum absolute atomic E-state index is 13.7. The van der Waals surface area contributed by atoms with Gasteiger partial charge in [-0.25, -0.2) is 9.50 Å². The monoisotopic (exact) mass is 496 g/mol. The van der Waals surface area contributed by atoms with Crippen LogP contribution < -0.4 is 0 Å². The number of aliphatic carboxylic acids is 1. The number of halogens is 3. The molecule has 4 rings (SSSR count). The first-order valence-corrected chi connectivity index (χ1v) is 11.0. The number of nitrogens with zero attached hydrogens (tertiary/aromatic N) is 4. The number of rotatable bonds is 7. The molecule has 0 saturated heterocycles. The number of carbonyl (C=O) groups excluding carboxylic acids is 1. The second-order valence-electron chi connectivity index (χ2n) is 8.75. The number of hydrogen-bond donors (Lipinski definition) is 1. The third kappa shape index (κ3) is 4.79. The van der Waals surface area contributed by atoms with Crippen molar-refractivity contribution < 1.29 is 27.9 Å². The second-order valence-corrected chi connectivity index (χ2v) is 8.75. The molecule has 2 aromatic heterocycles. The van der Waals surface area contributed by atoms with E-state index >= 15 is 0 Å². The molecular weight excluding hydrogens is 473 g/mol. The number of amides is 1. The molecule has 2 heterocycles. The molecule has 0 bridgehead atoms. The molecule has 0 spiro atoms. The van der Waals surface area contributed by atoms with Crippen LogP contribution in [0.1, 0.15) is 23.7 Å². The van der Waals surface area contributed by atoms with E-state index in [1.807, 2.05) is 30.3 Å². The molecule has 0 aliphatic carbocycles. The van der Waals surface area contributed by atoms with Gasteiger partial charge < -0.3 is 10.0 Å². The predicted octanol–water partition coefficient (Wildman–Crippen LogP) is 4.46. The highest BCUT2D eigenvalue weighted by Crippen LogP contribution is 2.34. The molecule has 2 aromatic carbocycles. The topological polar surface area (TPSA) is 87.8 Å². The van der Waals surface area contributed by atoms with E-state index < -0.39 is 35.6 Å². The molecule has 0 saturated carbocycles. The summed E-state index contributed by atoms with van der Waals surface area (Å²) in [6, 6.07) is 15.6. The highest BCUT2D eigenvalue weighted by atomic mass is 19.4. The van der Waals surface area contributed by atoms with Crippen LogP contribution in [0, 0.1) is 0 Å². The number of likely N-dealkylation sites (N-methyl/N-ethyl adjacent to an activating group) is 1. The van der Waals surface area contributed by atoms with E-state index in [2.05, 4.69) is 10.1 Å². The molecule has 1 amide bonds. The van der Waals surface area contributed by atoms with Gasteiger partial charge >= 0.3 is 12.1 Å². The van der Waals surface area contributed by atoms with Crippen molar-refractivity contribution in [3.05, 3.63) is 89.9 Å². The van der Waals surface area contributed by atoms with Crippen molar-refractivity contribution in [3.8, 4) is 11.1 Å². The zero-order valence-corrected chi connectivity index (χ0v) is 19.5. The highest BCUT2D eigenvalue weighted by Gasteiger charge is 2.40. The van der Waals surface area contributed by atoms with Gasteiger partial charge in [0.25, 0.3) is 0 Å². The number of alkyl halides is 3. The van der Waals surface area contributed by atoms with Gasteiger partial charge in [-0.3, -0.25) is 9.59 Å². The van der Waals surface area contributed by atoms with Crippen LogP contribution in [0.15, 0.2) is 73.1 Å². The summed E-state index contributed by atoms with van der Waals surface area (Å²) < 4.78 is 40.5. The number of carbonyl (C=O) groups is 2. The van der Waals surface area contributed by atoms with Crippen LogP contribution in [-0.2, 0) is 27.6 Å². The number of carboxylic acids is 1. The van der Waals surface area contributed by atoms with Crippen LogP contribution >= 0.6 is 0 Å². The fourth-order valence-electron chi connectivity index (χ4n) is 4.33. The molecule has 0 aliphatic heterocycles. The summed E-state index contributed by atoms with van der Waals surface area (Å²) in [4.78, 5) is 30.5. The summed E-state index contributed by atoms with van der Waals surface area (Å²) in [6.45, 7) is 1.24. The first-order valence-electron chi connectivity index (χ1n) is 11.0. The summed E-state index contributed by atoms with van der Waals surface area (Å²) in [5.74, 6) is -1.57. The lowest BCUT2D eigenvalue weighted by molar-refractivity contribution is -0.145. The Hall–Kier alpha value is -4.21. The van der Waals surface area contributed by atoms with Crippen molar-refractivity contribution in [2.24, 2.45) is 0 Å². The van der Waals surface area contributed by atoms with Gasteiger partial charge in [-0.1, -0.05) is 42.5 Å². The van der Waals surface area contributed by atoms with E-state index in [4.69, 9.17) is 0 Å². The van der Waals surface area contributed by atoms with Gasteiger partial charge in [-0.05, 0) is 42.7 Å². The van der Waals surface area contributed by atoms with Crippen LogP contribution in [0.2, 0.25) is 0 Å². The van der Waals surface area contributed by atoms with Gasteiger partial charge in [0, 0.05) is 18.8 Å². The Morgan fingerprint density at radius 1 is 1.03 bits per heavy atom. The van der Waals surface area contributed by atoms with Crippen LogP contribution in [0.25, 0.3) is 16.8 Å². The zero-order valence-electron chi connectivity index (χ0n) is 19.5. The first kappa shape index (κ1) is 24.9. The Kier molecular flexibility index (Phi) is 6.53. The molecule has 4 aromatic rings. The number of aromatic nitrogens is 3. The van der Waals surface area contributed by atoms with Crippen LogP contribution in [-0.4, -0.2) is 50.1 Å². The van der Waals surface area contributed by atoms with E-state index in [9.17, 15) is 27.9 Å². The molecule has 186 valence electrons. The fourth-order valence-corrected chi connectivity index (χ4v) is 4.33. The first-order chi connectivity index (χ1) is 17.0. The number of benzene rings is 2. The summed E-state index contributed by atoms with van der Waals surface area (Å²) in [5, 5.41) is 13.7. The smallest absolute Gasteiger partial charge is 0.416 e. The lowest BCUT2D eigenvalue weighted by Crippen LogP contribution is -2.47. The molecule has 36 heavy (non-hydrogen) atoms. The average Bonchev–Trinajstić information content (AvgIpc) is 3.27. The van der Waals surface area contributed by atoms with Crippen molar-refractivity contribution in [3.63, 3.8) is 0 Å². The Morgan fingerprint density at radius 2 is 1.69 bits per heavy atom. The van der Waals surface area contributed by atoms with E-state index in [1.165, 1.54) is 36.1 Å². The molecule has 0 aliphatic rings.